The van der Waals surface area contributed by atoms with Gasteiger partial charge in [-0.2, -0.15) is 0 Å². The van der Waals surface area contributed by atoms with Crippen molar-refractivity contribution in [3.8, 4) is 0 Å². The molecule has 2 aliphatic heterocycles. The van der Waals surface area contributed by atoms with Crippen LogP contribution in [0, 0.1) is 5.41 Å². The van der Waals surface area contributed by atoms with Crippen LogP contribution in [0.1, 0.15) is 44.9 Å². The van der Waals surface area contributed by atoms with Gasteiger partial charge in [-0.15, -0.1) is 0 Å². The Kier molecular flexibility index (Phi) is 5.81. The van der Waals surface area contributed by atoms with E-state index in [1.54, 1.807) is 0 Å². The fourth-order valence-electron chi connectivity index (χ4n) is 4.47. The molecule has 0 aromatic rings. The minimum atomic E-state index is 0.399. The Bertz CT molecular complexity index is 400. The molecule has 23 heavy (non-hydrogen) atoms. The van der Waals surface area contributed by atoms with E-state index in [1.807, 2.05) is 7.05 Å². The van der Waals surface area contributed by atoms with Crippen LogP contribution in [0.2, 0.25) is 0 Å². The highest BCUT2D eigenvalue weighted by atomic mass is 16.5. The highest BCUT2D eigenvalue weighted by molar-refractivity contribution is 5.80. The Balaban J connectivity index is 1.41. The lowest BCUT2D eigenvalue weighted by Gasteiger charge is -2.31. The lowest BCUT2D eigenvalue weighted by molar-refractivity contribution is 0.156. The van der Waals surface area contributed by atoms with Crippen LogP contribution in [0.5, 0.6) is 0 Å². The van der Waals surface area contributed by atoms with Crippen molar-refractivity contribution in [2.45, 2.75) is 51.0 Å². The van der Waals surface area contributed by atoms with Gasteiger partial charge >= 0.3 is 0 Å². The van der Waals surface area contributed by atoms with Gasteiger partial charge in [0.15, 0.2) is 5.96 Å². The standard InChI is InChI=1S/C18H34N4O/c1-19-17(22-11-8-18(14-22)9-13-23-15-18)20-10-12-21(2)16-6-4-3-5-7-16/h16H,3-15H2,1-2H3,(H,19,20). The Morgan fingerprint density at radius 1 is 1.30 bits per heavy atom. The largest absolute Gasteiger partial charge is 0.381 e. The third-order valence-electron chi connectivity index (χ3n) is 6.08. The number of likely N-dealkylation sites (tertiary alicyclic amines) is 1. The third-order valence-corrected chi connectivity index (χ3v) is 6.08. The number of aliphatic imine (C=N–C) groups is 1. The van der Waals surface area contributed by atoms with Gasteiger partial charge < -0.3 is 19.9 Å². The van der Waals surface area contributed by atoms with Crippen LogP contribution in [0.15, 0.2) is 4.99 Å². The molecule has 2 heterocycles. The zero-order valence-corrected chi connectivity index (χ0v) is 15.0. The SMILES string of the molecule is CN=C(NCCN(C)C1CCCCC1)N1CCC2(CCOC2)C1. The monoisotopic (exact) mass is 322 g/mol. The molecule has 132 valence electrons. The van der Waals surface area contributed by atoms with E-state index in [9.17, 15) is 0 Å². The van der Waals surface area contributed by atoms with Crippen LogP contribution >= 0.6 is 0 Å². The molecule has 5 nitrogen and oxygen atoms in total. The Labute approximate surface area is 141 Å². The van der Waals surface area contributed by atoms with Gasteiger partial charge in [-0.25, -0.2) is 0 Å². The van der Waals surface area contributed by atoms with Crippen LogP contribution in [-0.4, -0.2) is 75.3 Å². The molecule has 5 heteroatoms. The molecule has 1 spiro atoms. The molecular weight excluding hydrogens is 288 g/mol. The number of hydrogen-bond acceptors (Lipinski definition) is 3. The van der Waals surface area contributed by atoms with Gasteiger partial charge in [0.25, 0.3) is 0 Å². The molecule has 1 atom stereocenters. The summed E-state index contributed by atoms with van der Waals surface area (Å²) in [6.45, 7) is 6.18. The molecule has 0 radical (unpaired) electrons. The molecule has 0 bridgehead atoms. The molecule has 1 unspecified atom stereocenters. The summed E-state index contributed by atoms with van der Waals surface area (Å²) in [7, 11) is 4.18. The Morgan fingerprint density at radius 3 is 2.83 bits per heavy atom. The normalized spacial score (nSPS) is 29.9. The first kappa shape index (κ1) is 17.0. The average molecular weight is 322 g/mol. The summed E-state index contributed by atoms with van der Waals surface area (Å²) in [5.41, 5.74) is 0.399. The summed E-state index contributed by atoms with van der Waals surface area (Å²) < 4.78 is 5.63. The zero-order valence-electron chi connectivity index (χ0n) is 15.0. The second-order valence-corrected chi connectivity index (χ2v) is 7.72. The number of guanidine groups is 1. The predicted molar refractivity (Wildman–Crippen MR) is 94.9 cm³/mol. The van der Waals surface area contributed by atoms with E-state index in [0.717, 1.165) is 51.4 Å². The number of likely N-dealkylation sites (N-methyl/N-ethyl adjacent to an activating group) is 1. The molecule has 2 saturated heterocycles. The first-order valence-electron chi connectivity index (χ1n) is 9.46. The van der Waals surface area contributed by atoms with Crippen molar-refractivity contribution in [1.82, 2.24) is 15.1 Å². The van der Waals surface area contributed by atoms with E-state index in [0.29, 0.717) is 5.41 Å². The van der Waals surface area contributed by atoms with Gasteiger partial charge in [0, 0.05) is 51.3 Å². The van der Waals surface area contributed by atoms with Gasteiger partial charge in [0.05, 0.1) is 6.61 Å². The summed E-state index contributed by atoms with van der Waals surface area (Å²) in [4.78, 5) is 9.47. The second-order valence-electron chi connectivity index (χ2n) is 7.72. The first-order valence-corrected chi connectivity index (χ1v) is 9.46. The van der Waals surface area contributed by atoms with Crippen molar-refractivity contribution >= 4 is 5.96 Å². The summed E-state index contributed by atoms with van der Waals surface area (Å²) >= 11 is 0. The minimum absolute atomic E-state index is 0.399. The number of nitrogens with one attached hydrogen (secondary N) is 1. The maximum atomic E-state index is 5.63. The molecule has 3 aliphatic rings. The molecule has 0 aromatic heterocycles. The van der Waals surface area contributed by atoms with Crippen molar-refractivity contribution in [3.05, 3.63) is 0 Å². The van der Waals surface area contributed by atoms with Crippen molar-refractivity contribution in [2.24, 2.45) is 10.4 Å². The maximum Gasteiger partial charge on any atom is 0.193 e. The molecular formula is C18H34N4O. The quantitative estimate of drug-likeness (QED) is 0.634. The smallest absolute Gasteiger partial charge is 0.193 e. The maximum absolute atomic E-state index is 5.63. The Hall–Kier alpha value is -0.810. The zero-order chi connectivity index (χ0) is 16.1. The van der Waals surface area contributed by atoms with Crippen LogP contribution in [0.25, 0.3) is 0 Å². The highest BCUT2D eigenvalue weighted by Gasteiger charge is 2.42. The lowest BCUT2D eigenvalue weighted by atomic mass is 9.87. The van der Waals surface area contributed by atoms with Crippen LogP contribution < -0.4 is 5.32 Å². The lowest BCUT2D eigenvalue weighted by Crippen LogP contribution is -2.45. The van der Waals surface area contributed by atoms with Gasteiger partial charge in [-0.3, -0.25) is 4.99 Å². The number of hydrogen-bond donors (Lipinski definition) is 1. The molecule has 3 rings (SSSR count). The van der Waals surface area contributed by atoms with Crippen LogP contribution in [-0.2, 0) is 4.74 Å². The van der Waals surface area contributed by atoms with E-state index in [-0.39, 0.29) is 0 Å². The summed E-state index contributed by atoms with van der Waals surface area (Å²) in [5.74, 6) is 1.07. The van der Waals surface area contributed by atoms with E-state index in [2.05, 4.69) is 27.2 Å². The molecule has 3 fully saturated rings. The molecule has 1 N–H and O–H groups in total. The van der Waals surface area contributed by atoms with Crippen molar-refractivity contribution in [3.63, 3.8) is 0 Å². The third kappa shape index (κ3) is 4.18. The number of nitrogens with zero attached hydrogens (tertiary/aromatic N) is 3. The average Bonchev–Trinajstić information content (AvgIpc) is 3.22. The summed E-state index contributed by atoms with van der Waals surface area (Å²) in [6, 6.07) is 0.790. The summed E-state index contributed by atoms with van der Waals surface area (Å²) in [5, 5.41) is 3.58. The number of ether oxygens (including phenoxy) is 1. The van der Waals surface area contributed by atoms with Gasteiger partial charge in [0.1, 0.15) is 0 Å². The van der Waals surface area contributed by atoms with Crippen molar-refractivity contribution in [2.75, 3.05) is 53.5 Å². The van der Waals surface area contributed by atoms with E-state index < -0.39 is 0 Å². The van der Waals surface area contributed by atoms with Crippen molar-refractivity contribution < 1.29 is 4.74 Å². The minimum Gasteiger partial charge on any atom is -0.381 e. The van der Waals surface area contributed by atoms with E-state index in [1.165, 1.54) is 44.9 Å². The van der Waals surface area contributed by atoms with E-state index in [4.69, 9.17) is 4.74 Å². The van der Waals surface area contributed by atoms with Crippen LogP contribution in [0.4, 0.5) is 0 Å². The molecule has 0 aromatic carbocycles. The van der Waals surface area contributed by atoms with Gasteiger partial charge in [0.2, 0.25) is 0 Å². The second kappa shape index (κ2) is 7.84. The van der Waals surface area contributed by atoms with Crippen molar-refractivity contribution in [1.29, 1.82) is 0 Å². The first-order chi connectivity index (χ1) is 11.2. The molecule has 0 amide bonds. The van der Waals surface area contributed by atoms with E-state index >= 15 is 0 Å². The van der Waals surface area contributed by atoms with Gasteiger partial charge in [-0.1, -0.05) is 19.3 Å². The predicted octanol–water partition coefficient (Wildman–Crippen LogP) is 1.94. The van der Waals surface area contributed by atoms with Gasteiger partial charge in [-0.05, 0) is 32.7 Å². The fraction of sp³-hybridized carbons (Fsp3) is 0.944. The summed E-state index contributed by atoms with van der Waals surface area (Å²) in [6.07, 6.45) is 9.44. The fourth-order valence-corrected chi connectivity index (χ4v) is 4.47. The molecule has 1 aliphatic carbocycles. The molecule has 1 saturated carbocycles. The van der Waals surface area contributed by atoms with Crippen LogP contribution in [0.3, 0.4) is 0 Å². The topological polar surface area (TPSA) is 40.1 Å². The number of rotatable bonds is 4. The highest BCUT2D eigenvalue weighted by Crippen LogP contribution is 2.38. The Morgan fingerprint density at radius 2 is 2.13 bits per heavy atom.